The van der Waals surface area contributed by atoms with Gasteiger partial charge in [0.15, 0.2) is 0 Å². The number of carbonyl (C=O) groups is 1. The molecule has 1 fully saturated rings. The lowest BCUT2D eigenvalue weighted by Gasteiger charge is -2.37. The number of esters is 1. The van der Waals surface area contributed by atoms with Crippen molar-refractivity contribution in [3.63, 3.8) is 0 Å². The molecule has 1 aliphatic heterocycles. The summed E-state index contributed by atoms with van der Waals surface area (Å²) in [7, 11) is 0. The highest BCUT2D eigenvalue weighted by molar-refractivity contribution is 5.70. The first kappa shape index (κ1) is 14.5. The van der Waals surface area contributed by atoms with Crippen LogP contribution in [-0.2, 0) is 9.53 Å². The summed E-state index contributed by atoms with van der Waals surface area (Å²) in [6.45, 7) is 9.82. The van der Waals surface area contributed by atoms with Crippen molar-refractivity contribution >= 4 is 5.97 Å². The predicted octanol–water partition coefficient (Wildman–Crippen LogP) is 1.40. The molecule has 0 bridgehead atoms. The number of carbonyl (C=O) groups excluding carboxylic acids is 1. The highest BCUT2D eigenvalue weighted by Crippen LogP contribution is 2.16. The van der Waals surface area contributed by atoms with Gasteiger partial charge in [0.25, 0.3) is 0 Å². The van der Waals surface area contributed by atoms with Crippen LogP contribution in [0, 0.1) is 0 Å². The summed E-state index contributed by atoms with van der Waals surface area (Å²) < 4.78 is 5.02. The Labute approximate surface area is 105 Å². The Morgan fingerprint density at radius 3 is 2.59 bits per heavy atom. The van der Waals surface area contributed by atoms with Crippen molar-refractivity contribution in [1.29, 1.82) is 0 Å². The zero-order valence-electron chi connectivity index (χ0n) is 11.4. The van der Waals surface area contributed by atoms with Crippen molar-refractivity contribution in [1.82, 2.24) is 10.2 Å². The molecular weight excluding hydrogens is 216 g/mol. The van der Waals surface area contributed by atoms with Gasteiger partial charge in [-0.05, 0) is 46.3 Å². The molecule has 1 N–H and O–H groups in total. The van der Waals surface area contributed by atoms with Gasteiger partial charge in [-0.3, -0.25) is 9.69 Å². The molecule has 0 aromatic carbocycles. The summed E-state index contributed by atoms with van der Waals surface area (Å²) in [5.74, 6) is -0.0765. The summed E-state index contributed by atoms with van der Waals surface area (Å²) in [6, 6.07) is 0.896. The fourth-order valence-electron chi connectivity index (χ4n) is 2.65. The van der Waals surface area contributed by atoms with E-state index in [1.807, 2.05) is 6.92 Å². The minimum atomic E-state index is -0.0765. The standard InChI is InChI=1S/C13H26N2O2/c1-4-15(12-6-8-14-9-7-12)11(3)10-13(16)17-5-2/h11-12,14H,4-10H2,1-3H3. The first-order valence-corrected chi connectivity index (χ1v) is 6.81. The Morgan fingerprint density at radius 2 is 2.06 bits per heavy atom. The van der Waals surface area contributed by atoms with Gasteiger partial charge in [-0.15, -0.1) is 0 Å². The van der Waals surface area contributed by atoms with Crippen molar-refractivity contribution in [2.45, 2.75) is 52.1 Å². The third kappa shape index (κ3) is 4.64. The van der Waals surface area contributed by atoms with Gasteiger partial charge in [-0.1, -0.05) is 6.92 Å². The van der Waals surface area contributed by atoms with E-state index in [2.05, 4.69) is 24.1 Å². The average Bonchev–Trinajstić information content (AvgIpc) is 2.31. The van der Waals surface area contributed by atoms with Crippen molar-refractivity contribution in [2.75, 3.05) is 26.2 Å². The minimum absolute atomic E-state index is 0.0765. The van der Waals surface area contributed by atoms with Crippen molar-refractivity contribution in [2.24, 2.45) is 0 Å². The van der Waals surface area contributed by atoms with Crippen molar-refractivity contribution < 1.29 is 9.53 Å². The number of rotatable bonds is 6. The van der Waals surface area contributed by atoms with Crippen molar-refractivity contribution in [3.05, 3.63) is 0 Å². The third-order valence-corrected chi connectivity index (χ3v) is 3.48. The van der Waals surface area contributed by atoms with Gasteiger partial charge in [0.05, 0.1) is 13.0 Å². The zero-order chi connectivity index (χ0) is 12.7. The molecule has 0 aliphatic carbocycles. The number of hydrogen-bond donors (Lipinski definition) is 1. The van der Waals surface area contributed by atoms with Crippen LogP contribution in [0.4, 0.5) is 0 Å². The number of hydrogen-bond acceptors (Lipinski definition) is 4. The fraction of sp³-hybridized carbons (Fsp3) is 0.923. The molecule has 1 unspecified atom stereocenters. The maximum atomic E-state index is 11.5. The molecule has 1 aliphatic rings. The Morgan fingerprint density at radius 1 is 1.41 bits per heavy atom. The van der Waals surface area contributed by atoms with Crippen LogP contribution < -0.4 is 5.32 Å². The maximum absolute atomic E-state index is 11.5. The summed E-state index contributed by atoms with van der Waals surface area (Å²) in [5, 5.41) is 3.38. The number of piperidine rings is 1. The van der Waals surface area contributed by atoms with Gasteiger partial charge in [-0.25, -0.2) is 0 Å². The second-order valence-corrected chi connectivity index (χ2v) is 4.67. The van der Waals surface area contributed by atoms with Gasteiger partial charge in [0, 0.05) is 12.1 Å². The van der Waals surface area contributed by atoms with E-state index < -0.39 is 0 Å². The van der Waals surface area contributed by atoms with Crippen LogP contribution in [-0.4, -0.2) is 49.2 Å². The molecule has 0 aromatic rings. The molecule has 0 saturated carbocycles. The Balaban J connectivity index is 2.44. The van der Waals surface area contributed by atoms with Crippen LogP contribution in [0.2, 0.25) is 0 Å². The molecule has 100 valence electrons. The molecule has 1 rings (SSSR count). The van der Waals surface area contributed by atoms with Gasteiger partial charge in [-0.2, -0.15) is 0 Å². The second kappa shape index (κ2) is 7.67. The predicted molar refractivity (Wildman–Crippen MR) is 69.0 cm³/mol. The number of nitrogens with one attached hydrogen (secondary N) is 1. The molecule has 17 heavy (non-hydrogen) atoms. The monoisotopic (exact) mass is 242 g/mol. The SMILES string of the molecule is CCOC(=O)CC(C)N(CC)C1CCNCC1. The topological polar surface area (TPSA) is 41.6 Å². The van der Waals surface area contributed by atoms with Crippen molar-refractivity contribution in [3.8, 4) is 0 Å². The van der Waals surface area contributed by atoms with Gasteiger partial charge >= 0.3 is 5.97 Å². The second-order valence-electron chi connectivity index (χ2n) is 4.67. The van der Waals surface area contributed by atoms with E-state index in [4.69, 9.17) is 4.74 Å². The molecule has 0 aromatic heterocycles. The van der Waals surface area contributed by atoms with E-state index in [-0.39, 0.29) is 12.0 Å². The molecule has 1 heterocycles. The first-order chi connectivity index (χ1) is 8.19. The number of ether oxygens (including phenoxy) is 1. The van der Waals surface area contributed by atoms with Crippen LogP contribution in [0.1, 0.15) is 40.0 Å². The van der Waals surface area contributed by atoms with E-state index in [0.717, 1.165) is 19.6 Å². The molecule has 1 saturated heterocycles. The highest BCUT2D eigenvalue weighted by Gasteiger charge is 2.25. The van der Waals surface area contributed by atoms with E-state index >= 15 is 0 Å². The zero-order valence-corrected chi connectivity index (χ0v) is 11.4. The van der Waals surface area contributed by atoms with Crippen LogP contribution in [0.3, 0.4) is 0 Å². The van der Waals surface area contributed by atoms with Crippen LogP contribution in [0.5, 0.6) is 0 Å². The fourth-order valence-corrected chi connectivity index (χ4v) is 2.65. The number of nitrogens with zero attached hydrogens (tertiary/aromatic N) is 1. The summed E-state index contributed by atoms with van der Waals surface area (Å²) in [5.41, 5.74) is 0. The first-order valence-electron chi connectivity index (χ1n) is 6.81. The quantitative estimate of drug-likeness (QED) is 0.715. The van der Waals surface area contributed by atoms with E-state index in [1.54, 1.807) is 0 Å². The largest absolute Gasteiger partial charge is 0.466 e. The average molecular weight is 242 g/mol. The van der Waals surface area contributed by atoms with E-state index in [0.29, 0.717) is 19.1 Å². The third-order valence-electron chi connectivity index (χ3n) is 3.48. The van der Waals surface area contributed by atoms with Gasteiger partial charge in [0.1, 0.15) is 0 Å². The smallest absolute Gasteiger partial charge is 0.307 e. The van der Waals surface area contributed by atoms with Crippen LogP contribution in [0.25, 0.3) is 0 Å². The minimum Gasteiger partial charge on any atom is -0.466 e. The van der Waals surface area contributed by atoms with Crippen LogP contribution in [0.15, 0.2) is 0 Å². The molecule has 0 radical (unpaired) electrons. The summed E-state index contributed by atoms with van der Waals surface area (Å²) >= 11 is 0. The van der Waals surface area contributed by atoms with E-state index in [9.17, 15) is 4.79 Å². The lowest BCUT2D eigenvalue weighted by Crippen LogP contribution is -2.47. The molecule has 4 nitrogen and oxygen atoms in total. The summed E-state index contributed by atoms with van der Waals surface area (Å²) in [6.07, 6.45) is 2.87. The maximum Gasteiger partial charge on any atom is 0.307 e. The van der Waals surface area contributed by atoms with Crippen LogP contribution >= 0.6 is 0 Å². The Hall–Kier alpha value is -0.610. The van der Waals surface area contributed by atoms with Gasteiger partial charge in [0.2, 0.25) is 0 Å². The molecule has 0 spiro atoms. The highest BCUT2D eigenvalue weighted by atomic mass is 16.5. The molecular formula is C13H26N2O2. The molecule has 1 atom stereocenters. The van der Waals surface area contributed by atoms with E-state index in [1.165, 1.54) is 12.8 Å². The Kier molecular flexibility index (Phi) is 6.52. The lowest BCUT2D eigenvalue weighted by molar-refractivity contribution is -0.144. The van der Waals surface area contributed by atoms with Gasteiger partial charge < -0.3 is 10.1 Å². The molecule has 0 amide bonds. The normalized spacial score (nSPS) is 19.3. The molecule has 4 heteroatoms. The summed E-state index contributed by atoms with van der Waals surface area (Å²) in [4.78, 5) is 13.9. The lowest BCUT2D eigenvalue weighted by atomic mass is 10.0. The Bertz CT molecular complexity index is 227.